The van der Waals surface area contributed by atoms with Crippen molar-refractivity contribution in [3.63, 3.8) is 0 Å². The molecule has 0 saturated heterocycles. The third kappa shape index (κ3) is 3.97. The standard InChI is InChI=1S/C20H27NO4/c1-12(17-9-14-4-5-16(17)8-14)21-20(23)11-25-18-7-6-15(13(2)22)10-19(18)24-3/h6-7,10,12,14,16-17H,4-5,8-9,11H2,1-3H3,(H,21,23). The molecule has 2 fully saturated rings. The van der Waals surface area contributed by atoms with Crippen LogP contribution in [0.1, 0.15) is 49.9 Å². The Labute approximate surface area is 149 Å². The van der Waals surface area contributed by atoms with Gasteiger partial charge >= 0.3 is 0 Å². The predicted octanol–water partition coefficient (Wildman–Crippen LogP) is 3.22. The highest BCUT2D eigenvalue weighted by Crippen LogP contribution is 2.49. The second-order valence-electron chi connectivity index (χ2n) is 7.41. The number of ketones is 1. The number of amides is 1. The molecule has 3 rings (SSSR count). The van der Waals surface area contributed by atoms with Gasteiger partial charge in [0.05, 0.1) is 7.11 Å². The maximum Gasteiger partial charge on any atom is 0.258 e. The highest BCUT2D eigenvalue weighted by molar-refractivity contribution is 5.94. The summed E-state index contributed by atoms with van der Waals surface area (Å²) in [6, 6.07) is 5.17. The number of hydrogen-bond acceptors (Lipinski definition) is 4. The molecule has 2 saturated carbocycles. The minimum absolute atomic E-state index is 0.0396. The zero-order chi connectivity index (χ0) is 18.0. The summed E-state index contributed by atoms with van der Waals surface area (Å²) in [5, 5.41) is 3.09. The summed E-state index contributed by atoms with van der Waals surface area (Å²) in [4.78, 5) is 23.7. The van der Waals surface area contributed by atoms with Gasteiger partial charge in [0.25, 0.3) is 5.91 Å². The summed E-state index contributed by atoms with van der Waals surface area (Å²) < 4.78 is 10.9. The SMILES string of the molecule is COc1cc(C(C)=O)ccc1OCC(=O)NC(C)C1CC2CCC1C2. The molecule has 2 aliphatic rings. The van der Waals surface area contributed by atoms with Crippen molar-refractivity contribution in [2.24, 2.45) is 17.8 Å². The fourth-order valence-corrected chi connectivity index (χ4v) is 4.46. The molecule has 2 aliphatic carbocycles. The lowest BCUT2D eigenvalue weighted by Crippen LogP contribution is -2.42. The maximum absolute atomic E-state index is 12.2. The minimum Gasteiger partial charge on any atom is -0.493 e. The number of carbonyl (C=O) groups excluding carboxylic acids is 2. The molecule has 0 radical (unpaired) electrons. The zero-order valence-electron chi connectivity index (χ0n) is 15.2. The second kappa shape index (κ2) is 7.46. The van der Waals surface area contributed by atoms with E-state index in [2.05, 4.69) is 12.2 Å². The van der Waals surface area contributed by atoms with Crippen molar-refractivity contribution < 1.29 is 19.1 Å². The van der Waals surface area contributed by atoms with Crippen molar-refractivity contribution in [2.45, 2.75) is 45.6 Å². The lowest BCUT2D eigenvalue weighted by atomic mass is 9.84. The zero-order valence-corrected chi connectivity index (χ0v) is 15.2. The van der Waals surface area contributed by atoms with E-state index >= 15 is 0 Å². The summed E-state index contributed by atoms with van der Waals surface area (Å²) >= 11 is 0. The fourth-order valence-electron chi connectivity index (χ4n) is 4.46. The summed E-state index contributed by atoms with van der Waals surface area (Å²) in [5.41, 5.74) is 0.554. The molecule has 1 amide bonds. The van der Waals surface area contributed by atoms with Crippen LogP contribution in [0.15, 0.2) is 18.2 Å². The van der Waals surface area contributed by atoms with Gasteiger partial charge in [0.2, 0.25) is 0 Å². The smallest absolute Gasteiger partial charge is 0.258 e. The van der Waals surface area contributed by atoms with Crippen LogP contribution in [0, 0.1) is 17.8 Å². The van der Waals surface area contributed by atoms with Crippen LogP contribution in [0.25, 0.3) is 0 Å². The van der Waals surface area contributed by atoms with Crippen LogP contribution in [0.3, 0.4) is 0 Å². The lowest BCUT2D eigenvalue weighted by Gasteiger charge is -2.28. The number of hydrogen-bond donors (Lipinski definition) is 1. The largest absolute Gasteiger partial charge is 0.493 e. The molecule has 1 N–H and O–H groups in total. The van der Waals surface area contributed by atoms with Crippen LogP contribution in [0.5, 0.6) is 11.5 Å². The summed E-state index contributed by atoms with van der Waals surface area (Å²) in [6.07, 6.45) is 5.25. The van der Waals surface area contributed by atoms with Gasteiger partial charge in [-0.05, 0) is 69.1 Å². The van der Waals surface area contributed by atoms with Crippen molar-refractivity contribution in [1.29, 1.82) is 0 Å². The lowest BCUT2D eigenvalue weighted by molar-refractivity contribution is -0.124. The van der Waals surface area contributed by atoms with E-state index in [0.29, 0.717) is 23.0 Å². The quantitative estimate of drug-likeness (QED) is 0.771. The second-order valence-corrected chi connectivity index (χ2v) is 7.41. The highest BCUT2D eigenvalue weighted by Gasteiger charge is 2.42. The van der Waals surface area contributed by atoms with Crippen LogP contribution >= 0.6 is 0 Å². The molecule has 4 atom stereocenters. The average molecular weight is 345 g/mol. The fraction of sp³-hybridized carbons (Fsp3) is 0.600. The molecule has 136 valence electrons. The molecular weight excluding hydrogens is 318 g/mol. The molecule has 4 unspecified atom stereocenters. The summed E-state index contributed by atoms with van der Waals surface area (Å²) in [5.74, 6) is 3.02. The van der Waals surface area contributed by atoms with Gasteiger partial charge in [-0.1, -0.05) is 6.42 Å². The number of Topliss-reactive ketones (excluding diaryl/α,β-unsaturated/α-hetero) is 1. The van der Waals surface area contributed by atoms with Gasteiger partial charge in [-0.15, -0.1) is 0 Å². The highest BCUT2D eigenvalue weighted by atomic mass is 16.5. The van der Waals surface area contributed by atoms with Gasteiger partial charge in [-0.3, -0.25) is 9.59 Å². The molecule has 5 heteroatoms. The van der Waals surface area contributed by atoms with Gasteiger partial charge in [-0.2, -0.15) is 0 Å². The van der Waals surface area contributed by atoms with Gasteiger partial charge in [0.1, 0.15) is 0 Å². The number of methoxy groups -OCH3 is 1. The Balaban J connectivity index is 1.53. The first-order valence-corrected chi connectivity index (χ1v) is 9.09. The number of ether oxygens (including phenoxy) is 2. The number of fused-ring (bicyclic) bond motifs is 2. The van der Waals surface area contributed by atoms with Crippen LogP contribution < -0.4 is 14.8 Å². The summed E-state index contributed by atoms with van der Waals surface area (Å²) in [7, 11) is 1.52. The van der Waals surface area contributed by atoms with Crippen molar-refractivity contribution in [1.82, 2.24) is 5.32 Å². The number of benzene rings is 1. The van der Waals surface area contributed by atoms with E-state index < -0.39 is 0 Å². The van der Waals surface area contributed by atoms with Crippen LogP contribution in [-0.2, 0) is 4.79 Å². The molecule has 0 spiro atoms. The van der Waals surface area contributed by atoms with E-state index in [1.807, 2.05) is 0 Å². The van der Waals surface area contributed by atoms with Crippen molar-refractivity contribution in [3.8, 4) is 11.5 Å². The average Bonchev–Trinajstić information content (AvgIpc) is 3.23. The normalized spacial score (nSPS) is 25.5. The molecule has 0 heterocycles. The van der Waals surface area contributed by atoms with E-state index in [-0.39, 0.29) is 24.3 Å². The number of carbonyl (C=O) groups is 2. The van der Waals surface area contributed by atoms with Gasteiger partial charge < -0.3 is 14.8 Å². The van der Waals surface area contributed by atoms with Crippen LogP contribution in [0.2, 0.25) is 0 Å². The third-order valence-corrected chi connectivity index (χ3v) is 5.75. The van der Waals surface area contributed by atoms with Gasteiger partial charge in [0.15, 0.2) is 23.9 Å². The Morgan fingerprint density at radius 2 is 2.04 bits per heavy atom. The molecular formula is C20H27NO4. The Hall–Kier alpha value is -2.04. The Morgan fingerprint density at radius 1 is 1.24 bits per heavy atom. The van der Waals surface area contributed by atoms with E-state index in [9.17, 15) is 9.59 Å². The summed E-state index contributed by atoms with van der Waals surface area (Å²) in [6.45, 7) is 3.55. The molecule has 25 heavy (non-hydrogen) atoms. The molecule has 1 aromatic carbocycles. The van der Waals surface area contributed by atoms with E-state index in [4.69, 9.17) is 9.47 Å². The number of nitrogens with one attached hydrogen (secondary N) is 1. The van der Waals surface area contributed by atoms with Crippen molar-refractivity contribution in [2.75, 3.05) is 13.7 Å². The molecule has 0 aromatic heterocycles. The maximum atomic E-state index is 12.2. The van der Waals surface area contributed by atoms with Crippen molar-refractivity contribution >= 4 is 11.7 Å². The Bertz CT molecular complexity index is 657. The van der Waals surface area contributed by atoms with Crippen LogP contribution in [-0.4, -0.2) is 31.4 Å². The van der Waals surface area contributed by atoms with E-state index in [1.165, 1.54) is 39.7 Å². The molecule has 0 aliphatic heterocycles. The molecule has 2 bridgehead atoms. The minimum atomic E-state index is -0.118. The topological polar surface area (TPSA) is 64.6 Å². The first-order valence-electron chi connectivity index (χ1n) is 9.09. The van der Waals surface area contributed by atoms with E-state index in [0.717, 1.165) is 11.8 Å². The predicted molar refractivity (Wildman–Crippen MR) is 95.0 cm³/mol. The molecule has 5 nitrogen and oxygen atoms in total. The Kier molecular flexibility index (Phi) is 5.30. The van der Waals surface area contributed by atoms with Crippen molar-refractivity contribution in [3.05, 3.63) is 23.8 Å². The third-order valence-electron chi connectivity index (χ3n) is 5.75. The number of rotatable bonds is 7. The monoisotopic (exact) mass is 345 g/mol. The first kappa shape index (κ1) is 17.8. The molecule has 1 aromatic rings. The van der Waals surface area contributed by atoms with Crippen LogP contribution in [0.4, 0.5) is 0 Å². The van der Waals surface area contributed by atoms with Gasteiger partial charge in [-0.25, -0.2) is 0 Å². The Morgan fingerprint density at radius 3 is 2.64 bits per heavy atom. The van der Waals surface area contributed by atoms with Gasteiger partial charge in [0, 0.05) is 11.6 Å². The van der Waals surface area contributed by atoms with E-state index in [1.54, 1.807) is 18.2 Å². The first-order chi connectivity index (χ1) is 12.0.